The summed E-state index contributed by atoms with van der Waals surface area (Å²) in [5, 5.41) is 3.47. The lowest BCUT2D eigenvalue weighted by Crippen LogP contribution is -2.16. The molecular weight excluding hydrogens is 204 g/mol. The highest BCUT2D eigenvalue weighted by Gasteiger charge is 2.20. The first-order chi connectivity index (χ1) is 7.06. The van der Waals surface area contributed by atoms with Gasteiger partial charge in [0.1, 0.15) is 5.56 Å². The van der Waals surface area contributed by atoms with Crippen molar-refractivity contribution in [1.29, 1.82) is 0 Å². The summed E-state index contributed by atoms with van der Waals surface area (Å²) in [6.07, 6.45) is 0. The molecular formula is C8H10N2O5. The van der Waals surface area contributed by atoms with Crippen molar-refractivity contribution in [2.24, 2.45) is 0 Å². The summed E-state index contributed by atoms with van der Waals surface area (Å²) in [6, 6.07) is 0. The van der Waals surface area contributed by atoms with E-state index >= 15 is 0 Å². The Bertz CT molecular complexity index is 365. The predicted molar refractivity (Wildman–Crippen MR) is 48.0 cm³/mol. The number of aryl methyl sites for hydroxylation is 1. The molecule has 0 atom stereocenters. The Hall–Kier alpha value is -2.05. The van der Waals surface area contributed by atoms with Crippen molar-refractivity contribution in [1.82, 2.24) is 5.16 Å². The van der Waals surface area contributed by atoms with Crippen molar-refractivity contribution in [3.05, 3.63) is 11.3 Å². The third-order valence-electron chi connectivity index (χ3n) is 1.64. The fourth-order valence-electron chi connectivity index (χ4n) is 0.891. The van der Waals surface area contributed by atoms with E-state index in [2.05, 4.69) is 19.2 Å². The van der Waals surface area contributed by atoms with Crippen molar-refractivity contribution in [2.45, 2.75) is 6.92 Å². The second kappa shape index (κ2) is 4.45. The molecule has 0 aliphatic rings. The lowest BCUT2D eigenvalue weighted by atomic mass is 10.2. The Morgan fingerprint density at radius 2 is 2.20 bits per heavy atom. The number of aromatic nitrogens is 1. The van der Waals surface area contributed by atoms with E-state index in [9.17, 15) is 9.59 Å². The van der Waals surface area contributed by atoms with Crippen molar-refractivity contribution in [3.8, 4) is 0 Å². The van der Waals surface area contributed by atoms with E-state index in [1.54, 1.807) is 0 Å². The van der Waals surface area contributed by atoms with Crippen LogP contribution in [0.2, 0.25) is 0 Å². The second-order valence-corrected chi connectivity index (χ2v) is 2.66. The van der Waals surface area contributed by atoms with Crippen LogP contribution in [-0.2, 0) is 14.3 Å². The average Bonchev–Trinajstić information content (AvgIpc) is 2.54. The van der Waals surface area contributed by atoms with Gasteiger partial charge in [-0.3, -0.25) is 0 Å². The maximum atomic E-state index is 11.4. The maximum absolute atomic E-state index is 11.4. The molecule has 0 fully saturated rings. The highest BCUT2D eigenvalue weighted by atomic mass is 16.6. The Kier molecular flexibility index (Phi) is 3.27. The summed E-state index contributed by atoms with van der Waals surface area (Å²) in [4.78, 5) is 22.0. The number of esters is 2. The number of carbonyl (C=O) groups is 2. The molecule has 1 aromatic heterocycles. The molecule has 0 bridgehead atoms. The summed E-state index contributed by atoms with van der Waals surface area (Å²) in [6.45, 7) is 1.06. The molecule has 0 saturated carbocycles. The second-order valence-electron chi connectivity index (χ2n) is 2.66. The first-order valence-corrected chi connectivity index (χ1v) is 4.02. The Morgan fingerprint density at radius 1 is 1.53 bits per heavy atom. The summed E-state index contributed by atoms with van der Waals surface area (Å²) >= 11 is 0. The number of carbonyl (C=O) groups excluding carboxylic acids is 2. The van der Waals surface area contributed by atoms with E-state index in [0.717, 1.165) is 0 Å². The van der Waals surface area contributed by atoms with E-state index in [4.69, 9.17) is 5.73 Å². The maximum Gasteiger partial charge on any atom is 0.346 e. The standard InChI is InChI=1S/C8H10N2O5/c1-4-6(7(9)15-10-4)8(12)14-3-5(11)13-2/h3,9H2,1-2H3. The topological polar surface area (TPSA) is 105 Å². The highest BCUT2D eigenvalue weighted by Crippen LogP contribution is 2.16. The van der Waals surface area contributed by atoms with E-state index in [1.165, 1.54) is 14.0 Å². The van der Waals surface area contributed by atoms with Crippen LogP contribution in [0, 0.1) is 6.92 Å². The molecule has 15 heavy (non-hydrogen) atoms. The van der Waals surface area contributed by atoms with Crippen LogP contribution in [0.15, 0.2) is 4.52 Å². The smallest absolute Gasteiger partial charge is 0.346 e. The van der Waals surface area contributed by atoms with Gasteiger partial charge in [0.2, 0.25) is 5.88 Å². The molecule has 0 saturated heterocycles. The fourth-order valence-corrected chi connectivity index (χ4v) is 0.891. The summed E-state index contributed by atoms with van der Waals surface area (Å²) < 4.78 is 13.5. The Balaban J connectivity index is 2.66. The van der Waals surface area contributed by atoms with Crippen LogP contribution in [0.5, 0.6) is 0 Å². The highest BCUT2D eigenvalue weighted by molar-refractivity contribution is 5.95. The van der Waals surface area contributed by atoms with E-state index in [1.807, 2.05) is 0 Å². The van der Waals surface area contributed by atoms with Gasteiger partial charge in [0, 0.05) is 0 Å². The van der Waals surface area contributed by atoms with Gasteiger partial charge in [-0.25, -0.2) is 9.59 Å². The largest absolute Gasteiger partial charge is 0.466 e. The lowest BCUT2D eigenvalue weighted by molar-refractivity contribution is -0.144. The molecule has 2 N–H and O–H groups in total. The average molecular weight is 214 g/mol. The zero-order valence-corrected chi connectivity index (χ0v) is 8.27. The minimum atomic E-state index is -0.767. The van der Waals surface area contributed by atoms with Gasteiger partial charge in [0.05, 0.1) is 12.8 Å². The van der Waals surface area contributed by atoms with Gasteiger partial charge in [0.15, 0.2) is 6.61 Å². The Labute approximate surface area is 85.1 Å². The number of rotatable bonds is 3. The van der Waals surface area contributed by atoms with Gasteiger partial charge in [-0.1, -0.05) is 5.16 Å². The molecule has 0 aliphatic carbocycles. The van der Waals surface area contributed by atoms with Crippen LogP contribution in [0.3, 0.4) is 0 Å². The molecule has 0 aliphatic heterocycles. The van der Waals surface area contributed by atoms with E-state index < -0.39 is 18.5 Å². The Morgan fingerprint density at radius 3 is 2.67 bits per heavy atom. The first-order valence-electron chi connectivity index (χ1n) is 4.02. The van der Waals surface area contributed by atoms with Crippen molar-refractivity contribution >= 4 is 17.8 Å². The zero-order chi connectivity index (χ0) is 11.4. The summed E-state index contributed by atoms with van der Waals surface area (Å²) in [7, 11) is 1.19. The third kappa shape index (κ3) is 2.46. The minimum Gasteiger partial charge on any atom is -0.466 e. The van der Waals surface area contributed by atoms with Gasteiger partial charge in [0.25, 0.3) is 0 Å². The van der Waals surface area contributed by atoms with Crippen LogP contribution in [-0.4, -0.2) is 30.8 Å². The quantitative estimate of drug-likeness (QED) is 0.700. The van der Waals surface area contributed by atoms with Crippen LogP contribution >= 0.6 is 0 Å². The van der Waals surface area contributed by atoms with Gasteiger partial charge >= 0.3 is 11.9 Å². The van der Waals surface area contributed by atoms with Crippen molar-refractivity contribution in [3.63, 3.8) is 0 Å². The molecule has 1 rings (SSSR count). The van der Waals surface area contributed by atoms with Crippen LogP contribution in [0.25, 0.3) is 0 Å². The normalized spacial score (nSPS) is 9.73. The zero-order valence-electron chi connectivity index (χ0n) is 8.27. The van der Waals surface area contributed by atoms with Crippen LogP contribution < -0.4 is 5.73 Å². The molecule has 1 aromatic rings. The molecule has 1 heterocycles. The number of hydrogen-bond donors (Lipinski definition) is 1. The minimum absolute atomic E-state index is 0.0268. The van der Waals surface area contributed by atoms with Gasteiger partial charge in [-0.2, -0.15) is 0 Å². The predicted octanol–water partition coefficient (Wildman–Crippen LogP) is -0.105. The van der Waals surface area contributed by atoms with Crippen molar-refractivity contribution in [2.75, 3.05) is 19.5 Å². The lowest BCUT2D eigenvalue weighted by Gasteiger charge is -2.01. The molecule has 7 heteroatoms. The molecule has 0 amide bonds. The molecule has 0 radical (unpaired) electrons. The molecule has 0 aromatic carbocycles. The molecule has 82 valence electrons. The number of methoxy groups -OCH3 is 1. The number of nitrogens with zero attached hydrogens (tertiary/aromatic N) is 1. The number of nitrogens with two attached hydrogens (primary N) is 1. The molecule has 0 unspecified atom stereocenters. The van der Waals surface area contributed by atoms with Gasteiger partial charge < -0.3 is 19.7 Å². The van der Waals surface area contributed by atoms with Crippen molar-refractivity contribution < 1.29 is 23.6 Å². The van der Waals surface area contributed by atoms with Crippen LogP contribution in [0.4, 0.5) is 5.88 Å². The SMILES string of the molecule is COC(=O)COC(=O)c1c(C)noc1N. The number of ether oxygens (including phenoxy) is 2. The van der Waals surface area contributed by atoms with E-state index in [0.29, 0.717) is 5.69 Å². The number of anilines is 1. The summed E-state index contributed by atoms with van der Waals surface area (Å²) in [5.41, 5.74) is 5.67. The van der Waals surface area contributed by atoms with Gasteiger partial charge in [-0.05, 0) is 6.92 Å². The van der Waals surface area contributed by atoms with Crippen LogP contribution in [0.1, 0.15) is 16.1 Å². The number of nitrogen functional groups attached to an aromatic ring is 1. The van der Waals surface area contributed by atoms with E-state index in [-0.39, 0.29) is 11.4 Å². The monoisotopic (exact) mass is 214 g/mol. The fraction of sp³-hybridized carbons (Fsp3) is 0.375. The molecule has 0 spiro atoms. The van der Waals surface area contributed by atoms with Gasteiger partial charge in [-0.15, -0.1) is 0 Å². The third-order valence-corrected chi connectivity index (χ3v) is 1.64. The molecule has 7 nitrogen and oxygen atoms in total. The first kappa shape index (κ1) is 11.0. The number of hydrogen-bond acceptors (Lipinski definition) is 7. The summed E-state index contributed by atoms with van der Waals surface area (Å²) in [5.74, 6) is -1.56.